The van der Waals surface area contributed by atoms with E-state index in [9.17, 15) is 0 Å². The summed E-state index contributed by atoms with van der Waals surface area (Å²) in [7, 11) is -0.250. The molecule has 0 heterocycles. The molecule has 0 bridgehead atoms. The maximum Gasteiger partial charge on any atom is 1.00 e. The number of hydrogen-bond acceptors (Lipinski definition) is 3. The molecule has 0 saturated heterocycles. The van der Waals surface area contributed by atoms with Crippen molar-refractivity contribution < 1.29 is 66.9 Å². The molecule has 0 aliphatic heterocycles. The molecule has 0 unspecified atom stereocenters. The van der Waals surface area contributed by atoms with E-state index < -0.39 is 0 Å². The van der Waals surface area contributed by atoms with Crippen LogP contribution in [0.3, 0.4) is 0 Å². The molecular formula is C2H9BKO3S. The minimum Gasteiger partial charge on any atom is -0.870 e. The molecule has 0 atom stereocenters. The Labute approximate surface area is 98.3 Å². The molecule has 0 spiro atoms. The molecule has 1 radical (unpaired) electrons. The summed E-state index contributed by atoms with van der Waals surface area (Å²) in [6, 6.07) is 0. The average molecular weight is 163 g/mol. The first-order chi connectivity index (χ1) is 2.83. The molecule has 2 N–H and O–H groups in total. The first-order valence-corrected chi connectivity index (χ1v) is 2.26. The summed E-state index contributed by atoms with van der Waals surface area (Å²) in [6.07, 6.45) is 0. The summed E-state index contributed by atoms with van der Waals surface area (Å²) >= 11 is 3.18. The average Bonchev–Trinajstić information content (AvgIpc) is 1.39. The Morgan fingerprint density at radius 3 is 1.75 bits per heavy atom. The molecule has 3 nitrogen and oxygen atoms in total. The van der Waals surface area contributed by atoms with Crippen molar-refractivity contribution in [3.8, 4) is 0 Å². The minimum absolute atomic E-state index is 0. The maximum atomic E-state index is 8.36. The molecule has 0 aliphatic carbocycles. The molecule has 0 aliphatic rings. The van der Waals surface area contributed by atoms with Crippen molar-refractivity contribution in [1.82, 2.24) is 0 Å². The zero-order chi connectivity index (χ0) is 5.41. The second-order valence-electron chi connectivity index (χ2n) is 0.459. The molecule has 6 heteroatoms. The Morgan fingerprint density at radius 2 is 1.75 bits per heavy atom. The van der Waals surface area contributed by atoms with E-state index in [1.165, 1.54) is 0 Å². The van der Waals surface area contributed by atoms with Gasteiger partial charge in [-0.2, -0.15) is 0 Å². The van der Waals surface area contributed by atoms with Gasteiger partial charge in [-0.15, -0.1) is 0 Å². The van der Waals surface area contributed by atoms with Crippen LogP contribution in [0.25, 0.3) is 0 Å². The van der Waals surface area contributed by atoms with Crippen LogP contribution in [-0.2, 0) is 12.6 Å². The zero-order valence-electron chi connectivity index (χ0n) is 5.09. The number of rotatable bonds is 0. The van der Waals surface area contributed by atoms with Crippen molar-refractivity contribution in [2.45, 2.75) is 6.92 Å². The Kier molecular flexibility index (Phi) is 102. The Hall–Kier alpha value is 1.93. The van der Waals surface area contributed by atoms with E-state index in [-0.39, 0.29) is 64.5 Å². The minimum atomic E-state index is -0.250. The van der Waals surface area contributed by atoms with Crippen molar-refractivity contribution >= 4 is 20.3 Å². The third kappa shape index (κ3) is 102. The summed E-state index contributed by atoms with van der Waals surface area (Å²) in [5, 5.41) is 15.2. The van der Waals surface area contributed by atoms with E-state index in [0.29, 0.717) is 0 Å². The van der Waals surface area contributed by atoms with E-state index in [1.807, 2.05) is 6.92 Å². The van der Waals surface area contributed by atoms with Crippen molar-refractivity contribution in [3.63, 3.8) is 0 Å². The van der Waals surface area contributed by atoms with Crippen LogP contribution in [-0.4, -0.2) is 23.9 Å². The van der Waals surface area contributed by atoms with Gasteiger partial charge in [0.25, 0.3) is 0 Å². The van der Waals surface area contributed by atoms with Gasteiger partial charge in [0.05, 0.1) is 0 Å². The van der Waals surface area contributed by atoms with Crippen LogP contribution in [0.5, 0.6) is 0 Å². The first-order valence-electron chi connectivity index (χ1n) is 1.55. The van der Waals surface area contributed by atoms with Crippen molar-refractivity contribution in [3.05, 3.63) is 0 Å². The summed E-state index contributed by atoms with van der Waals surface area (Å²) in [4.78, 5) is 0. The van der Waals surface area contributed by atoms with Gasteiger partial charge in [-0.25, -0.2) is 0 Å². The van der Waals surface area contributed by atoms with E-state index in [2.05, 4.69) is 12.6 Å². The molecule has 45 valence electrons. The molecule has 0 aromatic heterocycles. The maximum absolute atomic E-state index is 8.36. The topological polar surface area (TPSA) is 73.3 Å². The monoisotopic (exact) mass is 163 g/mol. The van der Waals surface area contributed by atoms with Crippen LogP contribution < -0.4 is 56.4 Å². The van der Waals surface area contributed by atoms with E-state index in [4.69, 9.17) is 10.0 Å². The van der Waals surface area contributed by atoms with Gasteiger partial charge in [-0.3, -0.25) is 0 Å². The fourth-order valence-electron chi connectivity index (χ4n) is 0. The second kappa shape index (κ2) is 36.4. The van der Waals surface area contributed by atoms with E-state index >= 15 is 0 Å². The van der Waals surface area contributed by atoms with Gasteiger partial charge in [0, 0.05) is 0 Å². The summed E-state index contributed by atoms with van der Waals surface area (Å²) in [5.41, 5.74) is 0. The summed E-state index contributed by atoms with van der Waals surface area (Å²) in [5.74, 6) is 1.06. The normalized spacial score (nSPS) is 4.00. The quantitative estimate of drug-likeness (QED) is 0.286. The molecule has 0 fully saturated rings. The number of hydrogen-bond donors (Lipinski definition) is 1. The Bertz CT molecular complexity index is 19.2. The molecule has 8 heavy (non-hydrogen) atoms. The second-order valence-corrected chi connectivity index (χ2v) is 1.17. The van der Waals surface area contributed by atoms with Crippen LogP contribution in [0.2, 0.25) is 0 Å². The molecule has 0 aromatic carbocycles. The van der Waals surface area contributed by atoms with Gasteiger partial charge >= 0.3 is 51.4 Å². The van der Waals surface area contributed by atoms with Gasteiger partial charge in [0.2, 0.25) is 0 Å². The van der Waals surface area contributed by atoms with Crippen LogP contribution in [0.15, 0.2) is 0 Å². The van der Waals surface area contributed by atoms with Crippen LogP contribution in [0.1, 0.15) is 6.92 Å². The smallest absolute Gasteiger partial charge is 0.870 e. The molecule has 0 amide bonds. The Balaban J connectivity index is -0.0000000160. The third-order valence-corrected chi connectivity index (χ3v) is 0. The van der Waals surface area contributed by atoms with E-state index in [1.54, 1.807) is 0 Å². The van der Waals surface area contributed by atoms with Crippen LogP contribution in [0.4, 0.5) is 0 Å². The largest absolute Gasteiger partial charge is 1.00 e. The van der Waals surface area contributed by atoms with E-state index in [0.717, 1.165) is 5.75 Å². The van der Waals surface area contributed by atoms with Gasteiger partial charge < -0.3 is 15.5 Å². The Morgan fingerprint density at radius 1 is 1.75 bits per heavy atom. The van der Waals surface area contributed by atoms with Crippen LogP contribution in [0, 0.1) is 0 Å². The summed E-state index contributed by atoms with van der Waals surface area (Å²) < 4.78 is 0. The molecule has 0 rings (SSSR count). The van der Waals surface area contributed by atoms with Gasteiger partial charge in [-0.1, -0.05) is 0 Å². The first kappa shape index (κ1) is 22.5. The van der Waals surface area contributed by atoms with Crippen molar-refractivity contribution in [2.24, 2.45) is 0 Å². The fourth-order valence-corrected chi connectivity index (χ4v) is 0. The van der Waals surface area contributed by atoms with Crippen molar-refractivity contribution in [2.75, 3.05) is 5.75 Å². The van der Waals surface area contributed by atoms with Gasteiger partial charge in [0.1, 0.15) is 5.75 Å². The fraction of sp³-hybridized carbons (Fsp3) is 1.00. The summed E-state index contributed by atoms with van der Waals surface area (Å²) in [6.45, 7) is 2.04. The molecule has 0 aromatic rings. The van der Waals surface area contributed by atoms with Gasteiger partial charge in [0.15, 0.2) is 7.69 Å². The zero-order valence-corrected chi connectivity index (χ0v) is 9.21. The predicted molar refractivity (Wildman–Crippen MR) is 30.6 cm³/mol. The third-order valence-electron chi connectivity index (χ3n) is 0. The van der Waals surface area contributed by atoms with Crippen molar-refractivity contribution in [1.29, 1.82) is 0 Å². The predicted octanol–water partition coefficient (Wildman–Crippen LogP) is -5.28. The molecule has 0 saturated carbocycles. The van der Waals surface area contributed by atoms with Crippen LogP contribution >= 0.6 is 0 Å². The SMILES string of the molecule is CC[SH2+].[K+].[O-][B]O.[OH-]. The standard InChI is InChI=1S/C2H6S.BHO2.K.H2O/c1-2-3;2-1-3;;/h3H,2H2,1H3;2H;;1H2/q;-1;+1;. The van der Waals surface area contributed by atoms with Gasteiger partial charge in [-0.05, 0) is 19.6 Å². The molecular weight excluding hydrogens is 154 g/mol.